The number of nitrogens with zero attached hydrogens (tertiary/aromatic N) is 1. The van der Waals surface area contributed by atoms with Gasteiger partial charge in [0.1, 0.15) is 0 Å². The van der Waals surface area contributed by atoms with Gasteiger partial charge in [0.25, 0.3) is 0 Å². The number of nitrogens with one attached hydrogen (secondary N) is 1. The van der Waals surface area contributed by atoms with Gasteiger partial charge < -0.3 is 5.32 Å². The summed E-state index contributed by atoms with van der Waals surface area (Å²) in [7, 11) is 0. The average Bonchev–Trinajstić information content (AvgIpc) is 2.37. The molecule has 3 unspecified atom stereocenters. The second-order valence-electron chi connectivity index (χ2n) is 2.99. The summed E-state index contributed by atoms with van der Waals surface area (Å²) >= 11 is 2.44. The first-order chi connectivity index (χ1) is 4.29. The molecule has 2 bridgehead atoms. The van der Waals surface area contributed by atoms with E-state index in [1.54, 1.807) is 0 Å². The fraction of sp³-hybridized carbons (Fsp3) is 1.00. The molecule has 9 heavy (non-hydrogen) atoms. The van der Waals surface area contributed by atoms with E-state index in [0.717, 1.165) is 18.1 Å². The van der Waals surface area contributed by atoms with Crippen LogP contribution in [0.25, 0.3) is 0 Å². The highest BCUT2D eigenvalue weighted by Gasteiger charge is 2.41. The second-order valence-corrected chi connectivity index (χ2v) is 4.10. The molecule has 2 heterocycles. The molecule has 2 saturated heterocycles. The van der Waals surface area contributed by atoms with Gasteiger partial charge in [-0.05, 0) is 13.3 Å². The van der Waals surface area contributed by atoms with Crippen molar-refractivity contribution in [3.8, 4) is 0 Å². The van der Waals surface area contributed by atoms with Crippen LogP contribution in [0.15, 0.2) is 0 Å². The fourth-order valence-corrected chi connectivity index (χ4v) is 2.62. The third-order valence-electron chi connectivity index (χ3n) is 2.46. The zero-order valence-corrected chi connectivity index (χ0v) is 7.63. The van der Waals surface area contributed by atoms with Crippen LogP contribution in [0.3, 0.4) is 0 Å². The highest BCUT2D eigenvalue weighted by Crippen LogP contribution is 2.31. The van der Waals surface area contributed by atoms with E-state index in [1.807, 2.05) is 0 Å². The van der Waals surface area contributed by atoms with Gasteiger partial charge in [-0.2, -0.15) is 0 Å². The van der Waals surface area contributed by atoms with Crippen molar-refractivity contribution in [3.05, 3.63) is 0 Å². The van der Waals surface area contributed by atoms with Gasteiger partial charge in [0, 0.05) is 47.5 Å². The molecule has 3 atom stereocenters. The number of rotatable bonds is 0. The first-order valence-electron chi connectivity index (χ1n) is 3.46. The van der Waals surface area contributed by atoms with E-state index >= 15 is 0 Å². The molecular weight excluding hydrogens is 227 g/mol. The largest absolute Gasteiger partial charge is 0.311 e. The highest BCUT2D eigenvalue weighted by atomic mass is 127. The molecule has 0 amide bonds. The lowest BCUT2D eigenvalue weighted by molar-refractivity contribution is 0.328. The monoisotopic (exact) mass is 238 g/mol. The van der Waals surface area contributed by atoms with Crippen LogP contribution in [-0.2, 0) is 0 Å². The third kappa shape index (κ3) is 0.816. The molecule has 2 aliphatic rings. The second kappa shape index (κ2) is 2.07. The molecule has 0 aromatic carbocycles. The minimum absolute atomic E-state index is 0.754. The third-order valence-corrected chi connectivity index (χ3v) is 4.13. The van der Waals surface area contributed by atoms with Crippen LogP contribution in [0.2, 0.25) is 0 Å². The molecule has 2 fully saturated rings. The number of piperazine rings is 1. The summed E-state index contributed by atoms with van der Waals surface area (Å²) < 4.78 is 2.46. The van der Waals surface area contributed by atoms with Crippen LogP contribution < -0.4 is 5.32 Å². The molecule has 0 spiro atoms. The van der Waals surface area contributed by atoms with Gasteiger partial charge in [-0.3, -0.25) is 0 Å². The Kier molecular flexibility index (Phi) is 1.46. The summed E-state index contributed by atoms with van der Waals surface area (Å²) in [5, 5.41) is 3.49. The summed E-state index contributed by atoms with van der Waals surface area (Å²) in [5.74, 6) is 0. The van der Waals surface area contributed by atoms with E-state index in [-0.39, 0.29) is 0 Å². The topological polar surface area (TPSA) is 15.3 Å². The van der Waals surface area contributed by atoms with Crippen LogP contribution in [0.5, 0.6) is 0 Å². The minimum Gasteiger partial charge on any atom is -0.311 e. The van der Waals surface area contributed by atoms with Crippen molar-refractivity contribution < 1.29 is 0 Å². The predicted octanol–water partition coefficient (Wildman–Crippen LogP) is 0.771. The predicted molar refractivity (Wildman–Crippen MR) is 45.5 cm³/mol. The van der Waals surface area contributed by atoms with E-state index in [1.165, 1.54) is 13.0 Å². The van der Waals surface area contributed by atoms with Crippen LogP contribution >= 0.6 is 22.9 Å². The average molecular weight is 238 g/mol. The van der Waals surface area contributed by atoms with Crippen LogP contribution in [0, 0.1) is 0 Å². The molecule has 2 aliphatic heterocycles. The van der Waals surface area contributed by atoms with Gasteiger partial charge in [-0.15, -0.1) is 0 Å². The Morgan fingerprint density at radius 3 is 2.78 bits per heavy atom. The summed E-state index contributed by atoms with van der Waals surface area (Å²) in [5.41, 5.74) is 0. The van der Waals surface area contributed by atoms with Crippen LogP contribution in [0.4, 0.5) is 0 Å². The molecule has 0 aromatic heterocycles. The molecule has 2 nitrogen and oxygen atoms in total. The van der Waals surface area contributed by atoms with Crippen LogP contribution in [-0.4, -0.2) is 27.8 Å². The van der Waals surface area contributed by atoms with Crippen molar-refractivity contribution >= 4 is 22.9 Å². The van der Waals surface area contributed by atoms with E-state index in [0.29, 0.717) is 0 Å². The Morgan fingerprint density at radius 2 is 2.44 bits per heavy atom. The van der Waals surface area contributed by atoms with E-state index in [4.69, 9.17) is 0 Å². The zero-order chi connectivity index (χ0) is 6.43. The number of fused-ring (bicyclic) bond motifs is 2. The Morgan fingerprint density at radius 1 is 1.67 bits per heavy atom. The molecular formula is C6H11IN2. The normalized spacial score (nSPS) is 50.7. The van der Waals surface area contributed by atoms with Crippen molar-refractivity contribution in [3.63, 3.8) is 0 Å². The highest BCUT2D eigenvalue weighted by molar-refractivity contribution is 14.1. The van der Waals surface area contributed by atoms with Crippen LogP contribution in [0.1, 0.15) is 13.3 Å². The minimum atomic E-state index is 0.754. The maximum absolute atomic E-state index is 3.49. The molecule has 1 N–H and O–H groups in total. The summed E-state index contributed by atoms with van der Waals surface area (Å²) in [6.45, 7) is 3.50. The Hall–Kier alpha value is 0.650. The van der Waals surface area contributed by atoms with E-state index in [9.17, 15) is 0 Å². The van der Waals surface area contributed by atoms with Crippen molar-refractivity contribution in [2.45, 2.75) is 31.5 Å². The van der Waals surface area contributed by atoms with Gasteiger partial charge in [-0.1, -0.05) is 0 Å². The molecule has 2 rings (SSSR count). The molecule has 0 saturated carbocycles. The maximum Gasteiger partial charge on any atom is 0.0338 e. The first-order valence-corrected chi connectivity index (χ1v) is 4.43. The van der Waals surface area contributed by atoms with Gasteiger partial charge in [-0.25, -0.2) is 3.11 Å². The Labute approximate surface area is 69.5 Å². The van der Waals surface area contributed by atoms with Gasteiger partial charge in [0.2, 0.25) is 0 Å². The van der Waals surface area contributed by atoms with Crippen molar-refractivity contribution in [1.82, 2.24) is 8.43 Å². The lowest BCUT2D eigenvalue weighted by Gasteiger charge is -2.27. The van der Waals surface area contributed by atoms with Gasteiger partial charge in [0.05, 0.1) is 0 Å². The lowest BCUT2D eigenvalue weighted by atomic mass is 10.2. The maximum atomic E-state index is 3.49. The molecule has 0 radical (unpaired) electrons. The number of halogens is 1. The quantitative estimate of drug-likeness (QED) is 0.495. The summed E-state index contributed by atoms with van der Waals surface area (Å²) in [4.78, 5) is 0. The fourth-order valence-electron chi connectivity index (χ4n) is 1.81. The lowest BCUT2D eigenvalue weighted by Crippen LogP contribution is -2.44. The molecule has 3 heteroatoms. The van der Waals surface area contributed by atoms with E-state index in [2.05, 4.69) is 38.2 Å². The van der Waals surface area contributed by atoms with Gasteiger partial charge >= 0.3 is 0 Å². The molecule has 0 aliphatic carbocycles. The molecule has 0 aromatic rings. The first kappa shape index (κ1) is 6.37. The number of hydrogen-bond acceptors (Lipinski definition) is 2. The summed E-state index contributed by atoms with van der Waals surface area (Å²) in [6.07, 6.45) is 1.37. The Bertz CT molecular complexity index is 110. The smallest absolute Gasteiger partial charge is 0.0338 e. The molecule has 52 valence electrons. The van der Waals surface area contributed by atoms with Crippen molar-refractivity contribution in [2.75, 3.05) is 6.54 Å². The van der Waals surface area contributed by atoms with Gasteiger partial charge in [0.15, 0.2) is 0 Å². The SMILES string of the molecule is CC1C2CC(CN2)N1I. The zero-order valence-electron chi connectivity index (χ0n) is 5.47. The Balaban J connectivity index is 2.15. The number of hydrogen-bond donors (Lipinski definition) is 1. The van der Waals surface area contributed by atoms with Crippen molar-refractivity contribution in [1.29, 1.82) is 0 Å². The standard InChI is InChI=1S/C6H11IN2/c1-4-6-2-5(3-8-6)9(4)7/h4-6,8H,2-3H2,1H3. The van der Waals surface area contributed by atoms with Crippen molar-refractivity contribution in [2.24, 2.45) is 0 Å². The van der Waals surface area contributed by atoms with E-state index < -0.39 is 0 Å². The summed E-state index contributed by atoms with van der Waals surface area (Å²) in [6, 6.07) is 2.36.